The summed E-state index contributed by atoms with van der Waals surface area (Å²) >= 11 is 0. The third kappa shape index (κ3) is 5.14. The molecule has 0 amide bonds. The van der Waals surface area contributed by atoms with E-state index in [0.29, 0.717) is 0 Å². The normalized spacial score (nSPS) is 9.75. The molecule has 0 aliphatic carbocycles. The summed E-state index contributed by atoms with van der Waals surface area (Å²) in [5, 5.41) is 10.1. The molecule has 0 aliphatic rings. The topological polar surface area (TPSA) is 66.4 Å². The summed E-state index contributed by atoms with van der Waals surface area (Å²) < 4.78 is 4.96. The molecule has 1 aromatic carbocycles. The molecule has 0 heterocycles. The number of benzene rings is 1. The van der Waals surface area contributed by atoms with Crippen molar-refractivity contribution in [3.8, 4) is 0 Å². The molecule has 0 aromatic heterocycles. The number of hydrogen-bond acceptors (Lipinski definition) is 4. The highest BCUT2D eigenvalue weighted by Gasteiger charge is 2.02. The van der Waals surface area contributed by atoms with E-state index in [1.807, 2.05) is 30.3 Å². The number of hydrogen-bond donors (Lipinski definition) is 0. The Kier molecular flexibility index (Phi) is 5.05. The van der Waals surface area contributed by atoms with Crippen molar-refractivity contribution in [2.24, 2.45) is 0 Å². The lowest BCUT2D eigenvalue weighted by molar-refractivity contribution is -0.305. The molecule has 0 fully saturated rings. The van der Waals surface area contributed by atoms with Crippen LogP contribution in [0.1, 0.15) is 24.8 Å². The van der Waals surface area contributed by atoms with Crippen molar-refractivity contribution in [3.63, 3.8) is 0 Å². The number of carboxylic acids is 1. The van der Waals surface area contributed by atoms with Crippen LogP contribution in [0.3, 0.4) is 0 Å². The van der Waals surface area contributed by atoms with E-state index >= 15 is 0 Å². The van der Waals surface area contributed by atoms with Crippen LogP contribution >= 0.6 is 0 Å². The summed E-state index contributed by atoms with van der Waals surface area (Å²) in [6, 6.07) is 9.31. The van der Waals surface area contributed by atoms with Gasteiger partial charge in [0.1, 0.15) is 6.61 Å². The number of esters is 1. The minimum atomic E-state index is -1.14. The lowest BCUT2D eigenvalue weighted by atomic mass is 10.2. The average molecular weight is 221 g/mol. The van der Waals surface area contributed by atoms with Gasteiger partial charge in [0.05, 0.1) is 0 Å². The van der Waals surface area contributed by atoms with Crippen LogP contribution < -0.4 is 5.11 Å². The third-order valence-corrected chi connectivity index (χ3v) is 2.00. The van der Waals surface area contributed by atoms with Crippen LogP contribution in [0.2, 0.25) is 0 Å². The van der Waals surface area contributed by atoms with Gasteiger partial charge in [-0.3, -0.25) is 4.79 Å². The minimum Gasteiger partial charge on any atom is -0.550 e. The monoisotopic (exact) mass is 221 g/mol. The van der Waals surface area contributed by atoms with E-state index in [-0.39, 0.29) is 31.8 Å². The van der Waals surface area contributed by atoms with E-state index in [9.17, 15) is 14.7 Å². The fraction of sp³-hybridized carbons (Fsp3) is 0.333. The van der Waals surface area contributed by atoms with E-state index in [0.717, 1.165) is 5.56 Å². The number of rotatable bonds is 6. The summed E-state index contributed by atoms with van der Waals surface area (Å²) in [6.07, 6.45) is 0.261. The van der Waals surface area contributed by atoms with Gasteiger partial charge < -0.3 is 14.6 Å². The Morgan fingerprint density at radius 3 is 2.44 bits per heavy atom. The fourth-order valence-corrected chi connectivity index (χ4v) is 1.19. The van der Waals surface area contributed by atoms with Crippen LogP contribution in [0.5, 0.6) is 0 Å². The van der Waals surface area contributed by atoms with Crippen molar-refractivity contribution in [2.45, 2.75) is 25.9 Å². The summed E-state index contributed by atoms with van der Waals surface area (Å²) in [5.74, 6) is -1.53. The Balaban J connectivity index is 2.18. The van der Waals surface area contributed by atoms with Crippen LogP contribution in [0, 0.1) is 0 Å². The van der Waals surface area contributed by atoms with Crippen molar-refractivity contribution >= 4 is 11.9 Å². The zero-order valence-electron chi connectivity index (χ0n) is 8.85. The second-order valence-corrected chi connectivity index (χ2v) is 3.37. The summed E-state index contributed by atoms with van der Waals surface area (Å²) in [6.45, 7) is 0.227. The molecule has 4 nitrogen and oxygen atoms in total. The maximum absolute atomic E-state index is 11.2. The molecule has 0 radical (unpaired) electrons. The Bertz CT molecular complexity index is 345. The first kappa shape index (κ1) is 12.2. The van der Waals surface area contributed by atoms with Gasteiger partial charge in [0.25, 0.3) is 0 Å². The molecule has 86 valence electrons. The number of aliphatic carboxylic acids is 1. The van der Waals surface area contributed by atoms with Gasteiger partial charge in [0.15, 0.2) is 0 Å². The summed E-state index contributed by atoms with van der Waals surface area (Å²) in [5.41, 5.74) is 0.913. The van der Waals surface area contributed by atoms with Crippen LogP contribution in [0.25, 0.3) is 0 Å². The molecule has 16 heavy (non-hydrogen) atoms. The van der Waals surface area contributed by atoms with Gasteiger partial charge >= 0.3 is 5.97 Å². The highest BCUT2D eigenvalue weighted by atomic mass is 16.5. The predicted molar refractivity (Wildman–Crippen MR) is 55.1 cm³/mol. The first-order valence-corrected chi connectivity index (χ1v) is 5.08. The second kappa shape index (κ2) is 6.61. The number of carbonyl (C=O) groups is 2. The summed E-state index contributed by atoms with van der Waals surface area (Å²) in [7, 11) is 0. The van der Waals surface area contributed by atoms with Crippen LogP contribution in [-0.2, 0) is 20.9 Å². The van der Waals surface area contributed by atoms with E-state index < -0.39 is 5.97 Å². The van der Waals surface area contributed by atoms with Crippen molar-refractivity contribution in [3.05, 3.63) is 35.9 Å². The van der Waals surface area contributed by atoms with Gasteiger partial charge in [-0.1, -0.05) is 30.3 Å². The second-order valence-electron chi connectivity index (χ2n) is 3.37. The van der Waals surface area contributed by atoms with Gasteiger partial charge in [-0.2, -0.15) is 0 Å². The Hall–Kier alpha value is -1.84. The predicted octanol–water partition coefficient (Wildman–Crippen LogP) is 0.650. The van der Waals surface area contributed by atoms with E-state index in [2.05, 4.69) is 0 Å². The maximum Gasteiger partial charge on any atom is 0.306 e. The first-order valence-electron chi connectivity index (χ1n) is 5.08. The van der Waals surface area contributed by atoms with Gasteiger partial charge in [-0.25, -0.2) is 0 Å². The zero-order chi connectivity index (χ0) is 11.8. The Labute approximate surface area is 93.9 Å². The molecule has 0 atom stereocenters. The van der Waals surface area contributed by atoms with Gasteiger partial charge in [0.2, 0.25) is 0 Å². The average Bonchev–Trinajstić information content (AvgIpc) is 2.27. The van der Waals surface area contributed by atoms with Crippen molar-refractivity contribution < 1.29 is 19.4 Å². The van der Waals surface area contributed by atoms with Crippen molar-refractivity contribution in [2.75, 3.05) is 0 Å². The Morgan fingerprint density at radius 1 is 1.12 bits per heavy atom. The molecule has 1 aromatic rings. The molecule has 0 saturated carbocycles. The van der Waals surface area contributed by atoms with E-state index in [1.165, 1.54) is 0 Å². The molecule has 0 aliphatic heterocycles. The number of carboxylic acid groups (broad SMARTS) is 1. The van der Waals surface area contributed by atoms with Crippen molar-refractivity contribution in [1.82, 2.24) is 0 Å². The number of carbonyl (C=O) groups excluding carboxylic acids is 2. The fourth-order valence-electron chi connectivity index (χ4n) is 1.19. The highest BCUT2D eigenvalue weighted by molar-refractivity contribution is 5.70. The smallest absolute Gasteiger partial charge is 0.306 e. The maximum atomic E-state index is 11.2. The molecule has 0 unspecified atom stereocenters. The number of ether oxygens (including phenoxy) is 1. The van der Waals surface area contributed by atoms with E-state index in [4.69, 9.17) is 4.74 Å². The highest BCUT2D eigenvalue weighted by Crippen LogP contribution is 2.03. The largest absolute Gasteiger partial charge is 0.550 e. The molecule has 0 spiro atoms. The van der Waals surface area contributed by atoms with E-state index in [1.54, 1.807) is 0 Å². The van der Waals surface area contributed by atoms with Gasteiger partial charge in [-0.05, 0) is 18.4 Å². The minimum absolute atomic E-state index is 0.111. The van der Waals surface area contributed by atoms with Gasteiger partial charge in [0, 0.05) is 12.4 Å². The SMILES string of the molecule is O=C([O-])CCCC(=O)OCc1ccccc1. The van der Waals surface area contributed by atoms with Gasteiger partial charge in [-0.15, -0.1) is 0 Å². The van der Waals surface area contributed by atoms with Crippen LogP contribution in [-0.4, -0.2) is 11.9 Å². The van der Waals surface area contributed by atoms with Crippen LogP contribution in [0.4, 0.5) is 0 Å². The third-order valence-electron chi connectivity index (χ3n) is 2.00. The molecular formula is C12H13O4-. The molecule has 1 rings (SSSR count). The lowest BCUT2D eigenvalue weighted by Gasteiger charge is -2.05. The standard InChI is InChI=1S/C12H14O4/c13-11(14)7-4-8-12(15)16-9-10-5-2-1-3-6-10/h1-3,5-6H,4,7-9H2,(H,13,14)/p-1. The molecule has 0 bridgehead atoms. The molecule has 0 N–H and O–H groups in total. The Morgan fingerprint density at radius 2 is 1.81 bits per heavy atom. The zero-order valence-corrected chi connectivity index (χ0v) is 8.85. The van der Waals surface area contributed by atoms with Crippen LogP contribution in [0.15, 0.2) is 30.3 Å². The molecule has 4 heteroatoms. The summed E-state index contributed by atoms with van der Waals surface area (Å²) in [4.78, 5) is 21.3. The van der Waals surface area contributed by atoms with Crippen molar-refractivity contribution in [1.29, 1.82) is 0 Å². The lowest BCUT2D eigenvalue weighted by Crippen LogP contribution is -2.21. The quantitative estimate of drug-likeness (QED) is 0.661. The molecule has 0 saturated heterocycles. The first-order chi connectivity index (χ1) is 7.68. The molecular weight excluding hydrogens is 208 g/mol.